The normalized spacial score (nSPS) is 29.4. The fourth-order valence-corrected chi connectivity index (χ4v) is 4.04. The van der Waals surface area contributed by atoms with Gasteiger partial charge in [0.15, 0.2) is 0 Å². The van der Waals surface area contributed by atoms with E-state index in [1.165, 1.54) is 32.1 Å². The van der Waals surface area contributed by atoms with Crippen LogP contribution in [0.3, 0.4) is 0 Å². The van der Waals surface area contributed by atoms with E-state index < -0.39 is 0 Å². The summed E-state index contributed by atoms with van der Waals surface area (Å²) in [6.45, 7) is 2.41. The molecule has 118 valence electrons. The summed E-state index contributed by atoms with van der Waals surface area (Å²) in [4.78, 5) is 26.9. The average Bonchev–Trinajstić information content (AvgIpc) is 3.32. The Morgan fingerprint density at radius 2 is 1.86 bits per heavy atom. The molecule has 3 aliphatic rings. The zero-order valence-corrected chi connectivity index (χ0v) is 13.1. The Balaban J connectivity index is 1.70. The Labute approximate surface area is 127 Å². The summed E-state index contributed by atoms with van der Waals surface area (Å²) >= 11 is 0. The van der Waals surface area contributed by atoms with Crippen molar-refractivity contribution >= 4 is 11.8 Å². The van der Waals surface area contributed by atoms with Crippen molar-refractivity contribution < 1.29 is 9.59 Å². The van der Waals surface area contributed by atoms with Crippen LogP contribution in [-0.4, -0.2) is 35.3 Å². The van der Waals surface area contributed by atoms with E-state index in [0.29, 0.717) is 5.92 Å². The molecule has 4 nitrogen and oxygen atoms in total. The van der Waals surface area contributed by atoms with Crippen LogP contribution in [0.4, 0.5) is 0 Å². The van der Waals surface area contributed by atoms with E-state index in [0.717, 1.165) is 31.6 Å². The Morgan fingerprint density at radius 3 is 2.48 bits per heavy atom. The Morgan fingerprint density at radius 1 is 1.14 bits per heavy atom. The summed E-state index contributed by atoms with van der Waals surface area (Å²) in [5, 5.41) is 2.98. The molecule has 1 saturated heterocycles. The van der Waals surface area contributed by atoms with Gasteiger partial charge in [-0.2, -0.15) is 0 Å². The van der Waals surface area contributed by atoms with Crippen molar-refractivity contribution in [3.63, 3.8) is 0 Å². The third-order valence-corrected chi connectivity index (χ3v) is 5.52. The number of nitrogens with one attached hydrogen (secondary N) is 1. The second-order valence-electron chi connectivity index (χ2n) is 7.15. The molecule has 2 atom stereocenters. The van der Waals surface area contributed by atoms with Gasteiger partial charge in [0.05, 0.1) is 6.54 Å². The van der Waals surface area contributed by atoms with Gasteiger partial charge in [-0.1, -0.05) is 39.0 Å². The summed E-state index contributed by atoms with van der Waals surface area (Å²) in [7, 11) is 0. The van der Waals surface area contributed by atoms with Crippen LogP contribution in [0.25, 0.3) is 0 Å². The van der Waals surface area contributed by atoms with Crippen LogP contribution in [0.2, 0.25) is 0 Å². The standard InChI is InChI=1S/C17H28N2O2/c1-2-14(10-12-8-9-12)19-11-15(20)18-16(17(19)21)13-6-4-3-5-7-13/h12-14,16H,2-11H2,1H3,(H,18,20). The van der Waals surface area contributed by atoms with E-state index in [1.807, 2.05) is 4.90 Å². The van der Waals surface area contributed by atoms with Gasteiger partial charge in [0.2, 0.25) is 11.8 Å². The van der Waals surface area contributed by atoms with Crippen molar-refractivity contribution in [1.82, 2.24) is 10.2 Å². The van der Waals surface area contributed by atoms with Gasteiger partial charge < -0.3 is 10.2 Å². The highest BCUT2D eigenvalue weighted by Gasteiger charge is 2.41. The Hall–Kier alpha value is -1.06. The lowest BCUT2D eigenvalue weighted by Crippen LogP contribution is -2.62. The first-order chi connectivity index (χ1) is 10.2. The molecule has 0 aromatic heterocycles. The fraction of sp³-hybridized carbons (Fsp3) is 0.882. The van der Waals surface area contributed by atoms with Crippen LogP contribution in [0.5, 0.6) is 0 Å². The molecular formula is C17H28N2O2. The van der Waals surface area contributed by atoms with E-state index in [2.05, 4.69) is 12.2 Å². The number of amides is 2. The third kappa shape index (κ3) is 3.41. The lowest BCUT2D eigenvalue weighted by molar-refractivity contribution is -0.149. The monoisotopic (exact) mass is 292 g/mol. The number of carbonyl (C=O) groups is 2. The van der Waals surface area contributed by atoms with Gasteiger partial charge in [0.25, 0.3) is 0 Å². The second kappa shape index (κ2) is 6.37. The molecule has 1 aliphatic heterocycles. The lowest BCUT2D eigenvalue weighted by Gasteiger charge is -2.41. The summed E-state index contributed by atoms with van der Waals surface area (Å²) in [5.74, 6) is 1.38. The highest BCUT2D eigenvalue weighted by Crippen LogP contribution is 2.36. The minimum Gasteiger partial charge on any atom is -0.342 e. The van der Waals surface area contributed by atoms with Crippen molar-refractivity contribution in [3.8, 4) is 0 Å². The van der Waals surface area contributed by atoms with Crippen molar-refractivity contribution in [3.05, 3.63) is 0 Å². The molecule has 0 aromatic rings. The molecule has 4 heteroatoms. The highest BCUT2D eigenvalue weighted by molar-refractivity contribution is 5.95. The van der Waals surface area contributed by atoms with Gasteiger partial charge >= 0.3 is 0 Å². The molecule has 1 N–H and O–H groups in total. The molecule has 0 radical (unpaired) electrons. The maximum atomic E-state index is 12.9. The first-order valence-corrected chi connectivity index (χ1v) is 8.79. The highest BCUT2D eigenvalue weighted by atomic mass is 16.2. The quantitative estimate of drug-likeness (QED) is 0.846. The smallest absolute Gasteiger partial charge is 0.246 e. The SMILES string of the molecule is CCC(CC1CC1)N1CC(=O)NC(C2CCCCC2)C1=O. The Bertz CT molecular complexity index is 400. The van der Waals surface area contributed by atoms with Crippen molar-refractivity contribution in [1.29, 1.82) is 0 Å². The van der Waals surface area contributed by atoms with E-state index in [-0.39, 0.29) is 30.4 Å². The van der Waals surface area contributed by atoms with Gasteiger partial charge in [-0.3, -0.25) is 9.59 Å². The molecule has 1 heterocycles. The predicted octanol–water partition coefficient (Wildman–Crippen LogP) is 2.47. The van der Waals surface area contributed by atoms with E-state index >= 15 is 0 Å². The van der Waals surface area contributed by atoms with Crippen LogP contribution < -0.4 is 5.32 Å². The minimum atomic E-state index is -0.250. The first kappa shape index (κ1) is 14.9. The number of nitrogens with zero attached hydrogens (tertiary/aromatic N) is 1. The summed E-state index contributed by atoms with van der Waals surface area (Å²) in [6.07, 6.45) is 10.5. The molecule has 3 fully saturated rings. The summed E-state index contributed by atoms with van der Waals surface area (Å²) in [5.41, 5.74) is 0. The molecular weight excluding hydrogens is 264 g/mol. The van der Waals surface area contributed by atoms with Crippen LogP contribution in [0.1, 0.15) is 64.7 Å². The minimum absolute atomic E-state index is 0.0411. The zero-order valence-electron chi connectivity index (χ0n) is 13.1. The van der Waals surface area contributed by atoms with Crippen LogP contribution in [0, 0.1) is 11.8 Å². The van der Waals surface area contributed by atoms with Gasteiger partial charge in [-0.05, 0) is 37.5 Å². The topological polar surface area (TPSA) is 49.4 Å². The maximum Gasteiger partial charge on any atom is 0.246 e. The van der Waals surface area contributed by atoms with Gasteiger partial charge in [-0.25, -0.2) is 0 Å². The van der Waals surface area contributed by atoms with E-state index in [9.17, 15) is 9.59 Å². The van der Waals surface area contributed by atoms with E-state index in [1.54, 1.807) is 0 Å². The van der Waals surface area contributed by atoms with Crippen molar-refractivity contribution in [2.45, 2.75) is 76.8 Å². The van der Waals surface area contributed by atoms with Gasteiger partial charge in [0, 0.05) is 6.04 Å². The molecule has 2 saturated carbocycles. The number of carbonyl (C=O) groups excluding carboxylic acids is 2. The molecule has 21 heavy (non-hydrogen) atoms. The van der Waals surface area contributed by atoms with Crippen LogP contribution >= 0.6 is 0 Å². The molecule has 0 bridgehead atoms. The fourth-order valence-electron chi connectivity index (χ4n) is 4.04. The maximum absolute atomic E-state index is 12.9. The largest absolute Gasteiger partial charge is 0.342 e. The zero-order chi connectivity index (χ0) is 14.8. The van der Waals surface area contributed by atoms with Crippen molar-refractivity contribution in [2.75, 3.05) is 6.54 Å². The third-order valence-electron chi connectivity index (χ3n) is 5.52. The second-order valence-corrected chi connectivity index (χ2v) is 7.15. The van der Waals surface area contributed by atoms with Gasteiger partial charge in [0.1, 0.15) is 6.04 Å². The molecule has 2 amide bonds. The predicted molar refractivity (Wildman–Crippen MR) is 81.6 cm³/mol. The number of hydrogen-bond acceptors (Lipinski definition) is 2. The van der Waals surface area contributed by atoms with Crippen molar-refractivity contribution in [2.24, 2.45) is 11.8 Å². The number of hydrogen-bond donors (Lipinski definition) is 1. The summed E-state index contributed by atoms with van der Waals surface area (Å²) in [6, 6.07) is 0.0157. The molecule has 2 unspecified atom stereocenters. The average molecular weight is 292 g/mol. The lowest BCUT2D eigenvalue weighted by atomic mass is 9.82. The molecule has 3 rings (SSSR count). The van der Waals surface area contributed by atoms with Crippen LogP contribution in [-0.2, 0) is 9.59 Å². The molecule has 0 aromatic carbocycles. The molecule has 0 spiro atoms. The molecule has 2 aliphatic carbocycles. The first-order valence-electron chi connectivity index (χ1n) is 8.79. The van der Waals surface area contributed by atoms with Gasteiger partial charge in [-0.15, -0.1) is 0 Å². The van der Waals surface area contributed by atoms with Crippen LogP contribution in [0.15, 0.2) is 0 Å². The Kier molecular flexibility index (Phi) is 4.51. The summed E-state index contributed by atoms with van der Waals surface area (Å²) < 4.78 is 0. The number of piperazine rings is 1. The number of rotatable bonds is 5. The van der Waals surface area contributed by atoms with E-state index in [4.69, 9.17) is 0 Å².